The minimum Gasteiger partial charge on any atom is -0.355 e. The van der Waals surface area contributed by atoms with E-state index >= 15 is 0 Å². The van der Waals surface area contributed by atoms with Gasteiger partial charge in [-0.1, -0.05) is 53.0 Å². The minimum absolute atomic E-state index is 0.555. The second-order valence-electron chi connectivity index (χ2n) is 4.70. The summed E-state index contributed by atoms with van der Waals surface area (Å²) in [5.41, 5.74) is 2.25. The fourth-order valence-corrected chi connectivity index (χ4v) is 2.60. The van der Waals surface area contributed by atoms with Gasteiger partial charge in [-0.25, -0.2) is 9.97 Å². The fourth-order valence-electron chi connectivity index (χ4n) is 2.11. The van der Waals surface area contributed by atoms with Gasteiger partial charge in [0.15, 0.2) is 0 Å². The van der Waals surface area contributed by atoms with Gasteiger partial charge in [-0.2, -0.15) is 0 Å². The molecular formula is C15H17BrClN3. The van der Waals surface area contributed by atoms with Gasteiger partial charge in [0.1, 0.15) is 17.3 Å². The molecule has 0 bridgehead atoms. The van der Waals surface area contributed by atoms with Crippen LogP contribution in [0.3, 0.4) is 0 Å². The third-order valence-electron chi connectivity index (χ3n) is 3.06. The molecule has 0 aliphatic carbocycles. The van der Waals surface area contributed by atoms with E-state index < -0.39 is 0 Å². The third-order valence-corrected chi connectivity index (χ3v) is 3.92. The van der Waals surface area contributed by atoms with Crippen LogP contribution in [0.25, 0.3) is 0 Å². The summed E-state index contributed by atoms with van der Waals surface area (Å²) < 4.78 is 1.08. The maximum absolute atomic E-state index is 6.19. The SMILES string of the molecule is CCCc1c(Cl)ncnc1N(C)Cc1ccc(Br)cc1. The van der Waals surface area contributed by atoms with Crippen molar-refractivity contribution < 1.29 is 0 Å². The molecular weight excluding hydrogens is 338 g/mol. The molecule has 0 aliphatic heterocycles. The van der Waals surface area contributed by atoms with E-state index in [1.54, 1.807) is 0 Å². The molecule has 0 saturated carbocycles. The standard InChI is InChI=1S/C15H17BrClN3/c1-3-4-13-14(17)18-10-19-15(13)20(2)9-11-5-7-12(16)8-6-11/h5-8,10H,3-4,9H2,1-2H3. The van der Waals surface area contributed by atoms with E-state index in [0.717, 1.165) is 35.2 Å². The zero-order chi connectivity index (χ0) is 14.5. The number of hydrogen-bond donors (Lipinski definition) is 0. The highest BCUT2D eigenvalue weighted by atomic mass is 79.9. The Balaban J connectivity index is 2.22. The summed E-state index contributed by atoms with van der Waals surface area (Å²) in [7, 11) is 2.03. The molecule has 1 heterocycles. The second-order valence-corrected chi connectivity index (χ2v) is 5.97. The van der Waals surface area contributed by atoms with E-state index in [4.69, 9.17) is 11.6 Å². The van der Waals surface area contributed by atoms with E-state index in [0.29, 0.717) is 5.15 Å². The molecule has 0 atom stereocenters. The third kappa shape index (κ3) is 3.70. The van der Waals surface area contributed by atoms with Crippen molar-refractivity contribution in [2.24, 2.45) is 0 Å². The van der Waals surface area contributed by atoms with Crippen LogP contribution < -0.4 is 4.90 Å². The number of benzene rings is 1. The normalized spacial score (nSPS) is 10.6. The largest absolute Gasteiger partial charge is 0.355 e. The molecule has 0 saturated heterocycles. The molecule has 1 aromatic carbocycles. The Labute approximate surface area is 133 Å². The van der Waals surface area contributed by atoms with Crippen LogP contribution in [0.5, 0.6) is 0 Å². The van der Waals surface area contributed by atoms with E-state index in [-0.39, 0.29) is 0 Å². The summed E-state index contributed by atoms with van der Waals surface area (Å²) >= 11 is 9.64. The molecule has 2 rings (SSSR count). The van der Waals surface area contributed by atoms with Crippen LogP contribution in [0.4, 0.5) is 5.82 Å². The Morgan fingerprint density at radius 1 is 1.20 bits per heavy atom. The Kier molecular flexibility index (Phi) is 5.38. The lowest BCUT2D eigenvalue weighted by molar-refractivity contribution is 0.842. The number of aromatic nitrogens is 2. The van der Waals surface area contributed by atoms with E-state index in [9.17, 15) is 0 Å². The highest BCUT2D eigenvalue weighted by Gasteiger charge is 2.13. The van der Waals surface area contributed by atoms with Crippen molar-refractivity contribution in [3.63, 3.8) is 0 Å². The maximum atomic E-state index is 6.19. The van der Waals surface area contributed by atoms with Gasteiger partial charge in [0, 0.05) is 23.6 Å². The first-order valence-electron chi connectivity index (χ1n) is 6.56. The molecule has 3 nitrogen and oxygen atoms in total. The van der Waals surface area contributed by atoms with Gasteiger partial charge >= 0.3 is 0 Å². The molecule has 0 fully saturated rings. The first-order valence-corrected chi connectivity index (χ1v) is 7.74. The van der Waals surface area contributed by atoms with Crippen LogP contribution in [0.15, 0.2) is 35.1 Å². The van der Waals surface area contributed by atoms with Gasteiger partial charge in [-0.15, -0.1) is 0 Å². The van der Waals surface area contributed by atoms with Crippen LogP contribution in [0, 0.1) is 0 Å². The van der Waals surface area contributed by atoms with Crippen molar-refractivity contribution >= 4 is 33.3 Å². The molecule has 1 aromatic heterocycles. The number of rotatable bonds is 5. The number of anilines is 1. The predicted molar refractivity (Wildman–Crippen MR) is 87.3 cm³/mol. The summed E-state index contributed by atoms with van der Waals surface area (Å²) in [6, 6.07) is 8.29. The van der Waals surface area contributed by atoms with Gasteiger partial charge in [-0.05, 0) is 24.1 Å². The van der Waals surface area contributed by atoms with Crippen molar-refractivity contribution in [1.29, 1.82) is 0 Å². The minimum atomic E-state index is 0.555. The molecule has 2 aromatic rings. The van der Waals surface area contributed by atoms with E-state index in [1.807, 2.05) is 19.2 Å². The smallest absolute Gasteiger partial charge is 0.137 e. The molecule has 0 aliphatic rings. The molecule has 0 spiro atoms. The van der Waals surface area contributed by atoms with Gasteiger partial charge in [-0.3, -0.25) is 0 Å². The van der Waals surface area contributed by atoms with Crippen molar-refractivity contribution in [2.45, 2.75) is 26.3 Å². The van der Waals surface area contributed by atoms with Crippen molar-refractivity contribution in [3.8, 4) is 0 Å². The zero-order valence-corrected chi connectivity index (χ0v) is 13.9. The highest BCUT2D eigenvalue weighted by molar-refractivity contribution is 9.10. The zero-order valence-electron chi connectivity index (χ0n) is 11.6. The predicted octanol–water partition coefficient (Wildman–Crippen LogP) is 4.48. The summed E-state index contributed by atoms with van der Waals surface area (Å²) in [6.45, 7) is 2.92. The fraction of sp³-hybridized carbons (Fsp3) is 0.333. The summed E-state index contributed by atoms with van der Waals surface area (Å²) in [5, 5.41) is 0.555. The lowest BCUT2D eigenvalue weighted by Gasteiger charge is -2.21. The van der Waals surface area contributed by atoms with Crippen molar-refractivity contribution in [1.82, 2.24) is 9.97 Å². The quantitative estimate of drug-likeness (QED) is 0.741. The Morgan fingerprint density at radius 3 is 2.55 bits per heavy atom. The topological polar surface area (TPSA) is 29.0 Å². The average Bonchev–Trinajstić information content (AvgIpc) is 2.43. The molecule has 0 amide bonds. The summed E-state index contributed by atoms with van der Waals surface area (Å²) in [4.78, 5) is 10.6. The Bertz CT molecular complexity index is 572. The first kappa shape index (κ1) is 15.3. The average molecular weight is 355 g/mol. The number of nitrogens with zero attached hydrogens (tertiary/aromatic N) is 3. The van der Waals surface area contributed by atoms with Gasteiger partial charge < -0.3 is 4.90 Å². The van der Waals surface area contributed by atoms with Gasteiger partial charge in [0.25, 0.3) is 0 Å². The van der Waals surface area contributed by atoms with Crippen LogP contribution in [-0.4, -0.2) is 17.0 Å². The molecule has 5 heteroatoms. The lowest BCUT2D eigenvalue weighted by Crippen LogP contribution is -2.20. The highest BCUT2D eigenvalue weighted by Crippen LogP contribution is 2.25. The van der Waals surface area contributed by atoms with Crippen LogP contribution >= 0.6 is 27.5 Å². The van der Waals surface area contributed by atoms with Crippen LogP contribution in [-0.2, 0) is 13.0 Å². The van der Waals surface area contributed by atoms with E-state index in [2.05, 4.69) is 49.9 Å². The Morgan fingerprint density at radius 2 is 1.90 bits per heavy atom. The van der Waals surface area contributed by atoms with Crippen molar-refractivity contribution in [3.05, 3.63) is 51.3 Å². The van der Waals surface area contributed by atoms with Crippen LogP contribution in [0.1, 0.15) is 24.5 Å². The van der Waals surface area contributed by atoms with Crippen molar-refractivity contribution in [2.75, 3.05) is 11.9 Å². The molecule has 106 valence electrons. The second kappa shape index (κ2) is 7.04. The lowest BCUT2D eigenvalue weighted by atomic mass is 10.1. The maximum Gasteiger partial charge on any atom is 0.137 e. The summed E-state index contributed by atoms with van der Waals surface area (Å²) in [5.74, 6) is 0.912. The molecule has 0 unspecified atom stereocenters. The van der Waals surface area contributed by atoms with E-state index in [1.165, 1.54) is 11.9 Å². The first-order chi connectivity index (χ1) is 9.61. The van der Waals surface area contributed by atoms with Gasteiger partial charge in [0.2, 0.25) is 0 Å². The Hall–Kier alpha value is -1.13. The molecule has 0 N–H and O–H groups in total. The van der Waals surface area contributed by atoms with Gasteiger partial charge in [0.05, 0.1) is 0 Å². The number of hydrogen-bond acceptors (Lipinski definition) is 3. The molecule has 20 heavy (non-hydrogen) atoms. The molecule has 0 radical (unpaired) electrons. The summed E-state index contributed by atoms with van der Waals surface area (Å²) in [6.07, 6.45) is 3.43. The van der Waals surface area contributed by atoms with Crippen LogP contribution in [0.2, 0.25) is 5.15 Å². The number of halogens is 2. The monoisotopic (exact) mass is 353 g/mol.